The van der Waals surface area contributed by atoms with Gasteiger partial charge in [0.25, 0.3) is 5.56 Å². The van der Waals surface area contributed by atoms with Gasteiger partial charge in [0.15, 0.2) is 0 Å². The summed E-state index contributed by atoms with van der Waals surface area (Å²) in [4.78, 5) is 26.0. The number of hydrogen-bond donors (Lipinski definition) is 1. The van der Waals surface area contributed by atoms with E-state index in [1.165, 1.54) is 12.1 Å². The molecule has 0 atom stereocenters. The number of alkyl halides is 3. The molecule has 1 aromatic heterocycles. The van der Waals surface area contributed by atoms with Crippen LogP contribution in [0.25, 0.3) is 0 Å². The van der Waals surface area contributed by atoms with Crippen LogP contribution in [0.3, 0.4) is 0 Å². The molecule has 4 rings (SSSR count). The van der Waals surface area contributed by atoms with Gasteiger partial charge in [0.1, 0.15) is 5.82 Å². The fourth-order valence-electron chi connectivity index (χ4n) is 4.06. The van der Waals surface area contributed by atoms with E-state index in [4.69, 9.17) is 0 Å². The molecule has 11 heteroatoms. The zero-order chi connectivity index (χ0) is 20.6. The van der Waals surface area contributed by atoms with E-state index in [0.29, 0.717) is 32.1 Å². The second-order valence-corrected chi connectivity index (χ2v) is 7.63. The molecule has 0 unspecified atom stereocenters. The molecule has 0 amide bonds. The molecular weight excluding hydrogens is 454 g/mol. The maximum Gasteiger partial charge on any atom is 0.416 e. The van der Waals surface area contributed by atoms with Gasteiger partial charge in [0.2, 0.25) is 5.95 Å². The predicted molar refractivity (Wildman–Crippen MR) is 120 cm³/mol. The molecule has 0 saturated carbocycles. The van der Waals surface area contributed by atoms with Crippen LogP contribution in [-0.2, 0) is 19.1 Å². The highest BCUT2D eigenvalue weighted by atomic mass is 35.5. The molecule has 0 spiro atoms. The maximum atomic E-state index is 13.2. The topological polar surface area (TPSA) is 55.5 Å². The molecule has 31 heavy (non-hydrogen) atoms. The number of fused-ring (bicyclic) bond motifs is 1. The summed E-state index contributed by atoms with van der Waals surface area (Å²) in [7, 11) is 1.93. The summed E-state index contributed by atoms with van der Waals surface area (Å²) >= 11 is 0. The standard InChI is InChI=1S/C20H24F3N5O.2ClH/c1-26-8-4-6-15-17(26)24-19(25-18(15)29)28-11-9-27(10-12-28)13-14-5-2-3-7-16(14)20(21,22)23;;/h2-3,5,7H,4,6,8-13H2,1H3,(H,24,25,29);2*1H. The number of aromatic nitrogens is 2. The summed E-state index contributed by atoms with van der Waals surface area (Å²) in [6, 6.07) is 5.72. The van der Waals surface area contributed by atoms with Gasteiger partial charge >= 0.3 is 6.18 Å². The molecule has 0 bridgehead atoms. The summed E-state index contributed by atoms with van der Waals surface area (Å²) in [5.74, 6) is 1.27. The van der Waals surface area contributed by atoms with Gasteiger partial charge in [-0.2, -0.15) is 18.2 Å². The molecule has 0 aliphatic carbocycles. The zero-order valence-electron chi connectivity index (χ0n) is 17.1. The minimum Gasteiger partial charge on any atom is -0.359 e. The lowest BCUT2D eigenvalue weighted by Crippen LogP contribution is -2.47. The number of benzene rings is 1. The van der Waals surface area contributed by atoms with E-state index in [2.05, 4.69) is 9.97 Å². The highest BCUT2D eigenvalue weighted by Gasteiger charge is 2.33. The molecule has 2 aliphatic heterocycles. The molecular formula is C20H26Cl2F3N5O. The Balaban J connectivity index is 0.00000171. The summed E-state index contributed by atoms with van der Waals surface area (Å²) < 4.78 is 39.7. The third-order valence-corrected chi connectivity index (χ3v) is 5.65. The van der Waals surface area contributed by atoms with Gasteiger partial charge in [-0.05, 0) is 24.5 Å². The number of anilines is 2. The van der Waals surface area contributed by atoms with Crippen LogP contribution < -0.4 is 15.4 Å². The van der Waals surface area contributed by atoms with Gasteiger partial charge < -0.3 is 9.80 Å². The fourth-order valence-corrected chi connectivity index (χ4v) is 4.06. The van der Waals surface area contributed by atoms with Crippen LogP contribution in [0.15, 0.2) is 29.1 Å². The molecule has 1 aromatic carbocycles. The normalized spacial score (nSPS) is 16.9. The minimum absolute atomic E-state index is 0. The quantitative estimate of drug-likeness (QED) is 0.731. The van der Waals surface area contributed by atoms with E-state index >= 15 is 0 Å². The van der Waals surface area contributed by atoms with E-state index in [1.807, 2.05) is 21.7 Å². The number of H-pyrrole nitrogens is 1. The first-order valence-electron chi connectivity index (χ1n) is 9.79. The van der Waals surface area contributed by atoms with Crippen molar-refractivity contribution in [2.75, 3.05) is 49.6 Å². The van der Waals surface area contributed by atoms with Crippen molar-refractivity contribution in [2.45, 2.75) is 25.6 Å². The second kappa shape index (κ2) is 10.1. The Bertz CT molecular complexity index is 945. The predicted octanol–water partition coefficient (Wildman–Crippen LogP) is 3.34. The van der Waals surface area contributed by atoms with Crippen molar-refractivity contribution in [3.8, 4) is 0 Å². The first kappa shape index (κ1) is 25.3. The number of hydrogen-bond acceptors (Lipinski definition) is 5. The lowest BCUT2D eigenvalue weighted by atomic mass is 10.1. The van der Waals surface area contributed by atoms with E-state index in [1.54, 1.807) is 6.07 Å². The molecule has 3 heterocycles. The lowest BCUT2D eigenvalue weighted by Gasteiger charge is -2.36. The van der Waals surface area contributed by atoms with Gasteiger partial charge in [0, 0.05) is 46.3 Å². The van der Waals surface area contributed by atoms with E-state index < -0.39 is 11.7 Å². The van der Waals surface area contributed by atoms with Crippen LogP contribution in [0.2, 0.25) is 0 Å². The molecule has 1 N–H and O–H groups in total. The third-order valence-electron chi connectivity index (χ3n) is 5.65. The average molecular weight is 480 g/mol. The SMILES string of the molecule is CN1CCCc2c1nc(N1CCN(Cc3ccccc3C(F)(F)F)CC1)[nH]c2=O.Cl.Cl. The Morgan fingerprint density at radius 1 is 1.06 bits per heavy atom. The van der Waals surface area contributed by atoms with Crippen LogP contribution in [0.1, 0.15) is 23.1 Å². The Labute approximate surface area is 191 Å². The minimum atomic E-state index is -4.35. The zero-order valence-corrected chi connectivity index (χ0v) is 18.7. The van der Waals surface area contributed by atoms with Crippen molar-refractivity contribution in [1.29, 1.82) is 0 Å². The lowest BCUT2D eigenvalue weighted by molar-refractivity contribution is -0.138. The molecule has 0 radical (unpaired) electrons. The molecule has 1 saturated heterocycles. The van der Waals surface area contributed by atoms with Crippen LogP contribution in [0.5, 0.6) is 0 Å². The molecule has 2 aromatic rings. The van der Waals surface area contributed by atoms with Crippen molar-refractivity contribution in [3.63, 3.8) is 0 Å². The van der Waals surface area contributed by atoms with Gasteiger partial charge in [0.05, 0.1) is 11.1 Å². The average Bonchev–Trinajstić information content (AvgIpc) is 2.69. The second-order valence-electron chi connectivity index (χ2n) is 7.63. The Morgan fingerprint density at radius 2 is 1.74 bits per heavy atom. The van der Waals surface area contributed by atoms with Crippen molar-refractivity contribution >= 4 is 36.6 Å². The van der Waals surface area contributed by atoms with Crippen LogP contribution in [0.4, 0.5) is 24.9 Å². The van der Waals surface area contributed by atoms with Gasteiger partial charge in [-0.25, -0.2) is 0 Å². The molecule has 2 aliphatic rings. The number of piperazine rings is 1. The summed E-state index contributed by atoms with van der Waals surface area (Å²) in [6.07, 6.45) is -2.68. The van der Waals surface area contributed by atoms with Gasteiger partial charge in [-0.1, -0.05) is 18.2 Å². The Morgan fingerprint density at radius 3 is 2.42 bits per heavy atom. The number of nitrogens with zero attached hydrogens (tertiary/aromatic N) is 4. The van der Waals surface area contributed by atoms with Crippen molar-refractivity contribution < 1.29 is 13.2 Å². The summed E-state index contributed by atoms with van der Waals surface area (Å²) in [6.45, 7) is 3.51. The number of nitrogens with one attached hydrogen (secondary N) is 1. The van der Waals surface area contributed by atoms with E-state index in [-0.39, 0.29) is 42.5 Å². The first-order chi connectivity index (χ1) is 13.8. The van der Waals surface area contributed by atoms with Crippen LogP contribution in [0, 0.1) is 0 Å². The van der Waals surface area contributed by atoms with Crippen LogP contribution in [-0.4, -0.2) is 54.6 Å². The fraction of sp³-hybridized carbons (Fsp3) is 0.500. The molecule has 6 nitrogen and oxygen atoms in total. The monoisotopic (exact) mass is 479 g/mol. The maximum absolute atomic E-state index is 13.2. The molecule has 1 fully saturated rings. The van der Waals surface area contributed by atoms with E-state index in [0.717, 1.165) is 36.8 Å². The van der Waals surface area contributed by atoms with Gasteiger partial charge in [-0.15, -0.1) is 24.8 Å². The Hall–Kier alpha value is -1.97. The number of halogens is 5. The summed E-state index contributed by atoms with van der Waals surface area (Å²) in [5.41, 5.74) is 0.338. The van der Waals surface area contributed by atoms with Crippen LogP contribution >= 0.6 is 24.8 Å². The summed E-state index contributed by atoms with van der Waals surface area (Å²) in [5, 5.41) is 0. The van der Waals surface area contributed by atoms with Crippen molar-refractivity contribution in [3.05, 3.63) is 51.3 Å². The van der Waals surface area contributed by atoms with Gasteiger partial charge in [-0.3, -0.25) is 14.7 Å². The highest BCUT2D eigenvalue weighted by molar-refractivity contribution is 5.85. The first-order valence-corrected chi connectivity index (χ1v) is 9.79. The Kier molecular flexibility index (Phi) is 8.24. The smallest absolute Gasteiger partial charge is 0.359 e. The highest BCUT2D eigenvalue weighted by Crippen LogP contribution is 2.32. The number of rotatable bonds is 3. The van der Waals surface area contributed by atoms with Crippen molar-refractivity contribution in [2.24, 2.45) is 0 Å². The number of aromatic amines is 1. The largest absolute Gasteiger partial charge is 0.416 e. The van der Waals surface area contributed by atoms with E-state index in [9.17, 15) is 18.0 Å². The molecule has 172 valence electrons. The third kappa shape index (κ3) is 5.45. The van der Waals surface area contributed by atoms with Crippen molar-refractivity contribution in [1.82, 2.24) is 14.9 Å².